The van der Waals surface area contributed by atoms with E-state index in [-0.39, 0.29) is 23.0 Å². The zero-order chi connectivity index (χ0) is 17.8. The van der Waals surface area contributed by atoms with E-state index in [4.69, 9.17) is 4.74 Å². The maximum absolute atomic E-state index is 14.1. The van der Waals surface area contributed by atoms with Gasteiger partial charge in [0.1, 0.15) is 17.7 Å². The van der Waals surface area contributed by atoms with Gasteiger partial charge in [0.05, 0.1) is 11.6 Å². The Labute approximate surface area is 135 Å². The summed E-state index contributed by atoms with van der Waals surface area (Å²) in [5, 5.41) is 23.0. The van der Waals surface area contributed by atoms with Crippen LogP contribution in [0.2, 0.25) is 0 Å². The van der Waals surface area contributed by atoms with E-state index in [2.05, 4.69) is 10.3 Å². The monoisotopic (exact) mass is 345 g/mol. The summed E-state index contributed by atoms with van der Waals surface area (Å²) in [6.07, 6.45) is -4.31. The molecule has 1 aliphatic heterocycles. The molecule has 132 valence electrons. The van der Waals surface area contributed by atoms with Crippen molar-refractivity contribution in [3.63, 3.8) is 0 Å². The number of benzene rings is 1. The lowest BCUT2D eigenvalue weighted by atomic mass is 10.1. The van der Waals surface area contributed by atoms with Gasteiger partial charge in [-0.15, -0.1) is 0 Å². The number of nitrogens with zero attached hydrogens (tertiary/aromatic N) is 2. The minimum Gasteiger partial charge on any atom is -0.388 e. The van der Waals surface area contributed by atoms with Crippen LogP contribution in [0.4, 0.5) is 19.1 Å². The van der Waals surface area contributed by atoms with Crippen LogP contribution in [0.3, 0.4) is 0 Å². The Morgan fingerprint density at radius 3 is 2.42 bits per heavy atom. The smallest absolute Gasteiger partial charge is 0.206 e. The Kier molecular flexibility index (Phi) is 4.18. The van der Waals surface area contributed by atoms with Crippen LogP contribution >= 0.6 is 0 Å². The molecule has 0 spiro atoms. The first-order valence-electron chi connectivity index (χ1n) is 7.56. The van der Waals surface area contributed by atoms with Crippen molar-refractivity contribution < 1.29 is 28.1 Å². The van der Waals surface area contributed by atoms with Gasteiger partial charge in [0.2, 0.25) is 5.95 Å². The largest absolute Gasteiger partial charge is 0.388 e. The van der Waals surface area contributed by atoms with E-state index in [1.165, 1.54) is 4.57 Å². The normalized spacial score (nSPS) is 27.4. The van der Waals surface area contributed by atoms with E-state index >= 15 is 0 Å². The van der Waals surface area contributed by atoms with Crippen LogP contribution in [0.15, 0.2) is 6.07 Å². The first-order valence-corrected chi connectivity index (χ1v) is 7.56. The Balaban J connectivity index is 2.24. The highest BCUT2D eigenvalue weighted by atomic mass is 19.2. The fraction of sp³-hybridized carbons (Fsp3) is 0.533. The summed E-state index contributed by atoms with van der Waals surface area (Å²) in [4.78, 5) is 3.98. The van der Waals surface area contributed by atoms with Crippen LogP contribution in [0.1, 0.15) is 27.0 Å². The second-order valence-corrected chi connectivity index (χ2v) is 6.17. The summed E-state index contributed by atoms with van der Waals surface area (Å²) in [5.41, 5.74) is -0.471. The van der Waals surface area contributed by atoms with E-state index < -0.39 is 42.0 Å². The Morgan fingerprint density at radius 1 is 1.21 bits per heavy atom. The van der Waals surface area contributed by atoms with Gasteiger partial charge in [-0.3, -0.25) is 4.57 Å². The molecule has 24 heavy (non-hydrogen) atoms. The molecule has 1 aromatic carbocycles. The second kappa shape index (κ2) is 5.91. The lowest BCUT2D eigenvalue weighted by Gasteiger charge is -2.21. The molecule has 1 aromatic heterocycles. The van der Waals surface area contributed by atoms with Gasteiger partial charge in [-0.25, -0.2) is 18.2 Å². The quantitative estimate of drug-likeness (QED) is 0.741. The van der Waals surface area contributed by atoms with E-state index in [9.17, 15) is 23.4 Å². The first-order chi connectivity index (χ1) is 11.2. The molecule has 1 aliphatic rings. The summed E-state index contributed by atoms with van der Waals surface area (Å²) < 4.78 is 48.0. The number of aromatic nitrogens is 2. The SMILES string of the molecule is CC(C)Nc1nc2c(F)c(F)c(F)cc2n1[C@@H]1O[C@H](C)[C@@H](O)[C@H]1O. The summed E-state index contributed by atoms with van der Waals surface area (Å²) in [6, 6.07) is 0.664. The van der Waals surface area contributed by atoms with E-state index in [1.54, 1.807) is 20.8 Å². The zero-order valence-corrected chi connectivity index (χ0v) is 13.3. The van der Waals surface area contributed by atoms with Crippen molar-refractivity contribution in [1.82, 2.24) is 9.55 Å². The standard InChI is InChI=1S/C15H18F3N3O3/c1-5(2)19-15-20-11-8(4-7(16)9(17)10(11)18)21(15)14-13(23)12(22)6(3)24-14/h4-6,12-14,22-23H,1-3H3,(H,19,20)/t6-,12-,13-,14-/m1/s1. The molecule has 0 unspecified atom stereocenters. The van der Waals surface area contributed by atoms with Crippen LogP contribution < -0.4 is 5.32 Å². The van der Waals surface area contributed by atoms with E-state index in [0.717, 1.165) is 6.07 Å². The van der Waals surface area contributed by atoms with Crippen LogP contribution in [0.25, 0.3) is 11.0 Å². The third kappa shape index (κ3) is 2.52. The fourth-order valence-electron chi connectivity index (χ4n) is 2.80. The number of nitrogens with one attached hydrogen (secondary N) is 1. The van der Waals surface area contributed by atoms with Crippen molar-refractivity contribution in [3.8, 4) is 0 Å². The number of ether oxygens (including phenoxy) is 1. The van der Waals surface area contributed by atoms with Crippen molar-refractivity contribution in [3.05, 3.63) is 23.5 Å². The lowest BCUT2D eigenvalue weighted by molar-refractivity contribution is -0.0284. The molecule has 2 aromatic rings. The average molecular weight is 345 g/mol. The van der Waals surface area contributed by atoms with Crippen molar-refractivity contribution >= 4 is 17.0 Å². The molecule has 2 heterocycles. The van der Waals surface area contributed by atoms with Gasteiger partial charge in [0.25, 0.3) is 0 Å². The number of aliphatic hydroxyl groups excluding tert-OH is 2. The molecule has 0 bridgehead atoms. The predicted molar refractivity (Wildman–Crippen MR) is 80.0 cm³/mol. The van der Waals surface area contributed by atoms with Crippen LogP contribution in [-0.2, 0) is 4.74 Å². The molecule has 3 N–H and O–H groups in total. The molecular formula is C15H18F3N3O3. The highest BCUT2D eigenvalue weighted by molar-refractivity contribution is 5.80. The summed E-state index contributed by atoms with van der Waals surface area (Å²) in [7, 11) is 0. The molecule has 0 radical (unpaired) electrons. The summed E-state index contributed by atoms with van der Waals surface area (Å²) in [6.45, 7) is 5.15. The van der Waals surface area contributed by atoms with Crippen molar-refractivity contribution in [1.29, 1.82) is 0 Å². The number of anilines is 1. The fourth-order valence-corrected chi connectivity index (χ4v) is 2.80. The van der Waals surface area contributed by atoms with Gasteiger partial charge in [-0.05, 0) is 20.8 Å². The number of hydrogen-bond acceptors (Lipinski definition) is 5. The number of rotatable bonds is 3. The Bertz CT molecular complexity index is 780. The molecule has 1 saturated heterocycles. The number of hydrogen-bond donors (Lipinski definition) is 3. The van der Waals surface area contributed by atoms with Crippen LogP contribution in [-0.4, -0.2) is 44.1 Å². The van der Waals surface area contributed by atoms with Gasteiger partial charge >= 0.3 is 0 Å². The van der Waals surface area contributed by atoms with Gasteiger partial charge in [-0.1, -0.05) is 0 Å². The van der Waals surface area contributed by atoms with Gasteiger partial charge in [0, 0.05) is 12.1 Å². The lowest BCUT2D eigenvalue weighted by Crippen LogP contribution is -2.31. The Morgan fingerprint density at radius 2 is 1.88 bits per heavy atom. The molecule has 4 atom stereocenters. The van der Waals surface area contributed by atoms with E-state index in [1.807, 2.05) is 0 Å². The van der Waals surface area contributed by atoms with Crippen molar-refractivity contribution in [2.75, 3.05) is 5.32 Å². The summed E-state index contributed by atoms with van der Waals surface area (Å²) in [5.74, 6) is -4.34. The number of fused-ring (bicyclic) bond motifs is 1. The highest BCUT2D eigenvalue weighted by Crippen LogP contribution is 2.36. The van der Waals surface area contributed by atoms with Gasteiger partial charge < -0.3 is 20.3 Å². The maximum atomic E-state index is 14.1. The van der Waals surface area contributed by atoms with Crippen molar-refractivity contribution in [2.45, 2.75) is 51.4 Å². The predicted octanol–water partition coefficient (Wildman–Crippen LogP) is 1.91. The van der Waals surface area contributed by atoms with Gasteiger partial charge in [0.15, 0.2) is 23.7 Å². The van der Waals surface area contributed by atoms with E-state index in [0.29, 0.717) is 0 Å². The third-order valence-corrected chi connectivity index (χ3v) is 3.97. The number of halogens is 3. The molecule has 9 heteroatoms. The summed E-state index contributed by atoms with van der Waals surface area (Å²) >= 11 is 0. The second-order valence-electron chi connectivity index (χ2n) is 6.17. The highest BCUT2D eigenvalue weighted by Gasteiger charge is 2.43. The number of aliphatic hydroxyl groups is 2. The minimum absolute atomic E-state index is 0.0780. The maximum Gasteiger partial charge on any atom is 0.206 e. The molecule has 6 nitrogen and oxygen atoms in total. The number of imidazole rings is 1. The molecule has 3 rings (SSSR count). The molecule has 0 amide bonds. The molecule has 0 saturated carbocycles. The average Bonchev–Trinajstić information content (AvgIpc) is 2.97. The first kappa shape index (κ1) is 17.0. The van der Waals surface area contributed by atoms with Crippen molar-refractivity contribution in [2.24, 2.45) is 0 Å². The molecule has 1 fully saturated rings. The minimum atomic E-state index is -1.62. The molecular weight excluding hydrogens is 327 g/mol. The zero-order valence-electron chi connectivity index (χ0n) is 13.3. The third-order valence-electron chi connectivity index (χ3n) is 3.97. The Hall–Kier alpha value is -1.84. The topological polar surface area (TPSA) is 79.5 Å². The molecule has 0 aliphatic carbocycles. The van der Waals surface area contributed by atoms with Gasteiger partial charge in [-0.2, -0.15) is 0 Å². The van der Waals surface area contributed by atoms with Crippen LogP contribution in [0.5, 0.6) is 0 Å². The van der Waals surface area contributed by atoms with Crippen LogP contribution in [0, 0.1) is 17.5 Å².